The van der Waals surface area contributed by atoms with Crippen LogP contribution in [0.1, 0.15) is 32.6 Å². The Morgan fingerprint density at radius 2 is 2.25 bits per heavy atom. The van der Waals surface area contributed by atoms with Crippen LogP contribution < -0.4 is 0 Å². The van der Waals surface area contributed by atoms with Crippen LogP contribution in [0.4, 0.5) is 0 Å². The summed E-state index contributed by atoms with van der Waals surface area (Å²) >= 11 is 0. The molecule has 5 heteroatoms. The first-order valence-electron chi connectivity index (χ1n) is 5.71. The third-order valence-electron chi connectivity index (χ3n) is 3.60. The first-order valence-corrected chi connectivity index (χ1v) is 5.71. The molecule has 1 aliphatic carbocycles. The molecule has 0 aromatic rings. The molecule has 1 aliphatic heterocycles. The minimum Gasteiger partial charge on any atom is -0.418 e. The van der Waals surface area contributed by atoms with E-state index in [-0.39, 0.29) is 12.5 Å². The van der Waals surface area contributed by atoms with E-state index in [4.69, 9.17) is 14.7 Å². The van der Waals surface area contributed by atoms with Crippen molar-refractivity contribution in [2.45, 2.75) is 62.6 Å². The predicted molar refractivity (Wildman–Crippen MR) is 54.2 cm³/mol. The van der Waals surface area contributed by atoms with Gasteiger partial charge < -0.3 is 19.7 Å². The van der Waals surface area contributed by atoms with Crippen LogP contribution >= 0.6 is 0 Å². The molecule has 1 saturated carbocycles. The second kappa shape index (κ2) is 4.21. The van der Waals surface area contributed by atoms with Crippen molar-refractivity contribution in [3.05, 3.63) is 0 Å². The molecule has 0 aromatic heterocycles. The number of aliphatic hydroxyl groups is 2. The molecular formula is C11H17NO4. The van der Waals surface area contributed by atoms with Crippen molar-refractivity contribution in [1.82, 2.24) is 0 Å². The Bertz CT molecular complexity index is 303. The highest BCUT2D eigenvalue weighted by Gasteiger charge is 2.58. The molecule has 2 rings (SSSR count). The average molecular weight is 227 g/mol. The van der Waals surface area contributed by atoms with Gasteiger partial charge in [0, 0.05) is 12.8 Å². The lowest BCUT2D eigenvalue weighted by molar-refractivity contribution is -0.0929. The molecule has 5 nitrogen and oxygen atoms in total. The van der Waals surface area contributed by atoms with Crippen molar-refractivity contribution in [1.29, 1.82) is 5.26 Å². The normalized spacial score (nSPS) is 46.4. The van der Waals surface area contributed by atoms with Gasteiger partial charge in [0.15, 0.2) is 5.60 Å². The second-order valence-electron chi connectivity index (χ2n) is 4.68. The summed E-state index contributed by atoms with van der Waals surface area (Å²) < 4.78 is 10.8. The van der Waals surface area contributed by atoms with E-state index in [0.29, 0.717) is 6.42 Å². The van der Waals surface area contributed by atoms with Gasteiger partial charge in [-0.15, -0.1) is 0 Å². The van der Waals surface area contributed by atoms with Gasteiger partial charge >= 0.3 is 0 Å². The van der Waals surface area contributed by atoms with Crippen LogP contribution in [-0.2, 0) is 9.47 Å². The third-order valence-corrected chi connectivity index (χ3v) is 3.60. The zero-order chi connectivity index (χ0) is 11.8. The van der Waals surface area contributed by atoms with Crippen molar-refractivity contribution in [3.63, 3.8) is 0 Å². The number of aliphatic hydroxyl groups excluding tert-OH is 2. The number of nitriles is 1. The van der Waals surface area contributed by atoms with Crippen molar-refractivity contribution in [2.75, 3.05) is 0 Å². The van der Waals surface area contributed by atoms with Crippen LogP contribution in [0.15, 0.2) is 0 Å². The molecule has 5 atom stereocenters. The van der Waals surface area contributed by atoms with Gasteiger partial charge in [0.1, 0.15) is 6.10 Å². The highest BCUT2D eigenvalue weighted by Crippen LogP contribution is 2.45. The van der Waals surface area contributed by atoms with Gasteiger partial charge in [0.25, 0.3) is 6.26 Å². The van der Waals surface area contributed by atoms with E-state index in [9.17, 15) is 10.2 Å². The van der Waals surface area contributed by atoms with E-state index in [1.165, 1.54) is 0 Å². The summed E-state index contributed by atoms with van der Waals surface area (Å²) in [6, 6.07) is 0. The molecule has 2 aliphatic rings. The topological polar surface area (TPSA) is 82.7 Å². The predicted octanol–water partition coefficient (Wildman–Crippen LogP) is 0.306. The van der Waals surface area contributed by atoms with Gasteiger partial charge in [0.05, 0.1) is 18.3 Å². The Hall–Kier alpha value is -0.830. The third kappa shape index (κ3) is 1.67. The zero-order valence-electron chi connectivity index (χ0n) is 9.30. The minimum absolute atomic E-state index is 0.200. The standard InChI is InChI=1S/C11H17NO4/c1-2-3-9-11(15-6-12)4-7(13)10(14)8(5-11)16-9/h7-10,13-14H,2-5H2,1H3/t7-,8-,9?,10-,11?/m1/s1. The zero-order valence-corrected chi connectivity index (χ0v) is 9.30. The summed E-state index contributed by atoms with van der Waals surface area (Å²) in [6.07, 6.45) is 1.82. The Kier molecular flexibility index (Phi) is 3.06. The lowest BCUT2D eigenvalue weighted by Gasteiger charge is -2.36. The molecule has 16 heavy (non-hydrogen) atoms. The highest BCUT2D eigenvalue weighted by molar-refractivity contribution is 5.08. The lowest BCUT2D eigenvalue weighted by atomic mass is 9.78. The van der Waals surface area contributed by atoms with Gasteiger partial charge in [-0.3, -0.25) is 0 Å². The van der Waals surface area contributed by atoms with Crippen LogP contribution in [0.2, 0.25) is 0 Å². The van der Waals surface area contributed by atoms with E-state index < -0.39 is 23.9 Å². The maximum atomic E-state index is 9.72. The second-order valence-corrected chi connectivity index (χ2v) is 4.68. The summed E-state index contributed by atoms with van der Waals surface area (Å²) in [7, 11) is 0. The molecule has 0 spiro atoms. The minimum atomic E-state index is -0.867. The summed E-state index contributed by atoms with van der Waals surface area (Å²) in [5.41, 5.74) is -0.728. The molecular weight excluding hydrogens is 210 g/mol. The molecule has 1 heterocycles. The monoisotopic (exact) mass is 227 g/mol. The van der Waals surface area contributed by atoms with Gasteiger partial charge in [0.2, 0.25) is 0 Å². The van der Waals surface area contributed by atoms with E-state index in [1.54, 1.807) is 6.26 Å². The number of hydrogen-bond acceptors (Lipinski definition) is 5. The quantitative estimate of drug-likeness (QED) is 0.678. The summed E-state index contributed by atoms with van der Waals surface area (Å²) in [5, 5.41) is 28.1. The molecule has 2 fully saturated rings. The Morgan fingerprint density at radius 1 is 1.50 bits per heavy atom. The van der Waals surface area contributed by atoms with Crippen molar-refractivity contribution in [2.24, 2.45) is 0 Å². The van der Waals surface area contributed by atoms with E-state index in [2.05, 4.69) is 0 Å². The van der Waals surface area contributed by atoms with Gasteiger partial charge in [-0.1, -0.05) is 13.3 Å². The van der Waals surface area contributed by atoms with Crippen LogP contribution in [0, 0.1) is 11.5 Å². The molecule has 2 N–H and O–H groups in total. The molecule has 2 bridgehead atoms. The maximum absolute atomic E-state index is 9.72. The first-order chi connectivity index (χ1) is 7.63. The SMILES string of the molecule is CCCC1O[C@@H]2CC1(OC#N)C[C@@H](O)[C@H]2O. The fourth-order valence-electron chi connectivity index (χ4n) is 2.83. The van der Waals surface area contributed by atoms with Crippen LogP contribution in [0.3, 0.4) is 0 Å². The largest absolute Gasteiger partial charge is 0.418 e. The Morgan fingerprint density at radius 3 is 2.88 bits per heavy atom. The summed E-state index contributed by atoms with van der Waals surface area (Å²) in [4.78, 5) is 0. The van der Waals surface area contributed by atoms with E-state index in [0.717, 1.165) is 12.8 Å². The fraction of sp³-hybridized carbons (Fsp3) is 0.909. The van der Waals surface area contributed by atoms with Gasteiger partial charge in [-0.2, -0.15) is 5.26 Å². The molecule has 1 saturated heterocycles. The van der Waals surface area contributed by atoms with Gasteiger partial charge in [-0.25, -0.2) is 0 Å². The van der Waals surface area contributed by atoms with E-state index >= 15 is 0 Å². The highest BCUT2D eigenvalue weighted by atomic mass is 16.6. The summed E-state index contributed by atoms with van der Waals surface area (Å²) in [6.45, 7) is 2.03. The van der Waals surface area contributed by atoms with Crippen molar-refractivity contribution < 1.29 is 19.7 Å². The number of fused-ring (bicyclic) bond motifs is 2. The number of nitrogens with zero attached hydrogens (tertiary/aromatic N) is 1. The Balaban J connectivity index is 2.21. The summed E-state index contributed by atoms with van der Waals surface area (Å²) in [5.74, 6) is 0. The molecule has 0 amide bonds. The first kappa shape index (κ1) is 11.6. The molecule has 0 aromatic carbocycles. The molecule has 90 valence electrons. The van der Waals surface area contributed by atoms with E-state index in [1.807, 2.05) is 6.92 Å². The van der Waals surface area contributed by atoms with Crippen LogP contribution in [-0.4, -0.2) is 40.2 Å². The number of rotatable bonds is 3. The molecule has 0 radical (unpaired) electrons. The van der Waals surface area contributed by atoms with Crippen molar-refractivity contribution in [3.8, 4) is 6.26 Å². The van der Waals surface area contributed by atoms with Crippen LogP contribution in [0.5, 0.6) is 0 Å². The average Bonchev–Trinajstić information content (AvgIpc) is 2.53. The maximum Gasteiger partial charge on any atom is 0.286 e. The smallest absolute Gasteiger partial charge is 0.286 e. The lowest BCUT2D eigenvalue weighted by Crippen LogP contribution is -2.50. The Labute approximate surface area is 94.6 Å². The number of hydrogen-bond donors (Lipinski definition) is 2. The van der Waals surface area contributed by atoms with Gasteiger partial charge in [-0.05, 0) is 6.42 Å². The number of ether oxygens (including phenoxy) is 2. The fourth-order valence-corrected chi connectivity index (χ4v) is 2.83. The molecule has 2 unspecified atom stereocenters. The van der Waals surface area contributed by atoms with Crippen molar-refractivity contribution >= 4 is 0 Å². The van der Waals surface area contributed by atoms with Crippen LogP contribution in [0.25, 0.3) is 0 Å².